The lowest BCUT2D eigenvalue weighted by Crippen LogP contribution is -1.85. The fourth-order valence-corrected chi connectivity index (χ4v) is 2.90. The van der Waals surface area contributed by atoms with Crippen molar-refractivity contribution in [2.45, 2.75) is 6.92 Å². The molecule has 1 aromatic carbocycles. The second-order valence-corrected chi connectivity index (χ2v) is 5.55. The van der Waals surface area contributed by atoms with E-state index in [0.29, 0.717) is 15.1 Å². The molecule has 1 N–H and O–H groups in total. The molecule has 0 unspecified atom stereocenters. The van der Waals surface area contributed by atoms with E-state index in [1.807, 2.05) is 25.3 Å². The van der Waals surface area contributed by atoms with E-state index in [4.69, 9.17) is 34.8 Å². The van der Waals surface area contributed by atoms with E-state index in [9.17, 15) is 0 Å². The molecule has 5 heteroatoms. The van der Waals surface area contributed by atoms with Gasteiger partial charge in [-0.05, 0) is 25.1 Å². The molecule has 2 aromatic heterocycles. The van der Waals surface area contributed by atoms with Crippen LogP contribution in [0.25, 0.3) is 22.2 Å². The van der Waals surface area contributed by atoms with Crippen molar-refractivity contribution in [1.29, 1.82) is 0 Å². The van der Waals surface area contributed by atoms with Gasteiger partial charge in [-0.25, -0.2) is 0 Å². The number of aromatic amines is 1. The van der Waals surface area contributed by atoms with Crippen molar-refractivity contribution in [3.63, 3.8) is 0 Å². The molecule has 0 amide bonds. The fraction of sp³-hybridized carbons (Fsp3) is 0.0714. The normalized spacial score (nSPS) is 11.2. The van der Waals surface area contributed by atoms with Crippen molar-refractivity contribution in [2.24, 2.45) is 0 Å². The number of nitrogens with zero attached hydrogens (tertiary/aromatic N) is 1. The van der Waals surface area contributed by atoms with Gasteiger partial charge in [0.25, 0.3) is 0 Å². The van der Waals surface area contributed by atoms with Gasteiger partial charge in [0.2, 0.25) is 0 Å². The number of aromatic nitrogens is 2. The summed E-state index contributed by atoms with van der Waals surface area (Å²) in [6.45, 7) is 1.91. The van der Waals surface area contributed by atoms with Crippen LogP contribution < -0.4 is 0 Å². The third kappa shape index (κ3) is 2.20. The molecule has 0 saturated carbocycles. The molecular weight excluding hydrogens is 303 g/mol. The van der Waals surface area contributed by atoms with Gasteiger partial charge in [-0.1, -0.05) is 40.9 Å². The van der Waals surface area contributed by atoms with E-state index < -0.39 is 0 Å². The number of hydrogen-bond donors (Lipinski definition) is 1. The fourth-order valence-electron chi connectivity index (χ4n) is 2.09. The van der Waals surface area contributed by atoms with Crippen molar-refractivity contribution in [3.05, 3.63) is 51.2 Å². The molecule has 0 saturated heterocycles. The van der Waals surface area contributed by atoms with Gasteiger partial charge in [0.15, 0.2) is 0 Å². The van der Waals surface area contributed by atoms with Crippen molar-refractivity contribution < 1.29 is 0 Å². The number of H-pyrrole nitrogens is 1. The minimum Gasteiger partial charge on any atom is -0.358 e. The van der Waals surface area contributed by atoms with E-state index >= 15 is 0 Å². The third-order valence-corrected chi connectivity index (χ3v) is 3.78. The first-order valence-corrected chi connectivity index (χ1v) is 6.79. The van der Waals surface area contributed by atoms with Gasteiger partial charge in [-0.3, -0.25) is 4.98 Å². The number of halogens is 3. The Morgan fingerprint density at radius 3 is 2.53 bits per heavy atom. The largest absolute Gasteiger partial charge is 0.358 e. The molecule has 0 radical (unpaired) electrons. The van der Waals surface area contributed by atoms with E-state index in [1.54, 1.807) is 12.1 Å². The summed E-state index contributed by atoms with van der Waals surface area (Å²) in [5.74, 6) is 0. The Bertz CT molecular complexity index is 778. The molecule has 0 atom stereocenters. The molecule has 19 heavy (non-hydrogen) atoms. The summed E-state index contributed by atoms with van der Waals surface area (Å²) >= 11 is 18.4. The maximum atomic E-state index is 6.24. The average molecular weight is 312 g/mol. The van der Waals surface area contributed by atoms with Crippen molar-refractivity contribution in [3.8, 4) is 11.1 Å². The molecule has 0 aliphatic rings. The highest BCUT2D eigenvalue weighted by Crippen LogP contribution is 2.36. The lowest BCUT2D eigenvalue weighted by molar-refractivity contribution is 1.26. The Labute approximate surface area is 125 Å². The Morgan fingerprint density at radius 2 is 1.79 bits per heavy atom. The number of aryl methyl sites for hydroxylation is 1. The zero-order valence-corrected chi connectivity index (χ0v) is 12.2. The van der Waals surface area contributed by atoms with Crippen molar-refractivity contribution in [2.75, 3.05) is 0 Å². The first-order valence-electron chi connectivity index (χ1n) is 5.66. The van der Waals surface area contributed by atoms with Crippen LogP contribution >= 0.6 is 34.8 Å². The molecule has 0 aliphatic carbocycles. The van der Waals surface area contributed by atoms with Crippen LogP contribution in [0, 0.1) is 6.92 Å². The van der Waals surface area contributed by atoms with Crippen LogP contribution in [0.15, 0.2) is 30.5 Å². The van der Waals surface area contributed by atoms with Crippen LogP contribution in [-0.2, 0) is 0 Å². The molecule has 0 bridgehead atoms. The zero-order chi connectivity index (χ0) is 13.6. The monoisotopic (exact) mass is 310 g/mol. The zero-order valence-electron chi connectivity index (χ0n) is 9.97. The maximum absolute atomic E-state index is 6.24. The minimum absolute atomic E-state index is 0.591. The van der Waals surface area contributed by atoms with Crippen molar-refractivity contribution >= 4 is 45.8 Å². The van der Waals surface area contributed by atoms with Gasteiger partial charge in [-0.15, -0.1) is 0 Å². The highest BCUT2D eigenvalue weighted by molar-refractivity contribution is 6.37. The van der Waals surface area contributed by atoms with Crippen molar-refractivity contribution in [1.82, 2.24) is 9.97 Å². The Balaban J connectivity index is 2.31. The molecule has 3 aromatic rings. The first kappa shape index (κ1) is 12.8. The lowest BCUT2D eigenvalue weighted by Gasteiger charge is -2.04. The molecule has 96 valence electrons. The van der Waals surface area contributed by atoms with E-state index in [1.165, 1.54) is 0 Å². The minimum atomic E-state index is 0.591. The highest BCUT2D eigenvalue weighted by atomic mass is 35.5. The summed E-state index contributed by atoms with van der Waals surface area (Å²) in [6, 6.07) is 7.23. The maximum Gasteiger partial charge on any atom is 0.0976 e. The summed E-state index contributed by atoms with van der Waals surface area (Å²) in [4.78, 5) is 7.67. The lowest BCUT2D eigenvalue weighted by atomic mass is 10.1. The van der Waals surface area contributed by atoms with Gasteiger partial charge < -0.3 is 4.98 Å². The smallest absolute Gasteiger partial charge is 0.0976 e. The quantitative estimate of drug-likeness (QED) is 0.631. The molecule has 2 heterocycles. The Hall–Kier alpha value is -1.22. The Kier molecular flexibility index (Phi) is 3.17. The SMILES string of the molecule is Cc1cc(Cl)c2[nH]cc(-c3ccc(Cl)cc3Cl)c2n1. The van der Waals surface area contributed by atoms with Crippen LogP contribution in [0.5, 0.6) is 0 Å². The van der Waals surface area contributed by atoms with Crippen LogP contribution in [0.4, 0.5) is 0 Å². The molecule has 0 aliphatic heterocycles. The second kappa shape index (κ2) is 4.71. The van der Waals surface area contributed by atoms with Crippen LogP contribution in [0.2, 0.25) is 15.1 Å². The number of nitrogens with one attached hydrogen (secondary N) is 1. The predicted octanol–water partition coefficient (Wildman–Crippen LogP) is 5.50. The highest BCUT2D eigenvalue weighted by Gasteiger charge is 2.13. The molecule has 2 nitrogen and oxygen atoms in total. The molecule has 3 rings (SSSR count). The molecular formula is C14H9Cl3N2. The number of benzene rings is 1. The summed E-state index contributed by atoms with van der Waals surface area (Å²) in [5.41, 5.74) is 4.29. The number of hydrogen-bond acceptors (Lipinski definition) is 1. The number of pyridine rings is 1. The van der Waals surface area contributed by atoms with E-state index in [0.717, 1.165) is 27.9 Å². The topological polar surface area (TPSA) is 28.7 Å². The van der Waals surface area contributed by atoms with Gasteiger partial charge in [0.05, 0.1) is 21.1 Å². The standard InChI is InChI=1S/C14H9Cl3N2/c1-7-4-12(17)14-13(19-7)10(6-18-14)9-3-2-8(15)5-11(9)16/h2-6,18H,1H3. The third-order valence-electron chi connectivity index (χ3n) is 2.94. The molecule has 0 fully saturated rings. The summed E-state index contributed by atoms with van der Waals surface area (Å²) in [6.07, 6.45) is 1.86. The average Bonchev–Trinajstić information content (AvgIpc) is 2.73. The van der Waals surface area contributed by atoms with Crippen LogP contribution in [0.3, 0.4) is 0 Å². The van der Waals surface area contributed by atoms with E-state index in [-0.39, 0.29) is 0 Å². The number of fused-ring (bicyclic) bond motifs is 1. The Morgan fingerprint density at radius 1 is 1.00 bits per heavy atom. The molecule has 0 spiro atoms. The van der Waals surface area contributed by atoms with Crippen LogP contribution in [-0.4, -0.2) is 9.97 Å². The van der Waals surface area contributed by atoms with Gasteiger partial charge in [0.1, 0.15) is 0 Å². The van der Waals surface area contributed by atoms with Gasteiger partial charge >= 0.3 is 0 Å². The number of rotatable bonds is 1. The predicted molar refractivity (Wildman–Crippen MR) is 81.3 cm³/mol. The summed E-state index contributed by atoms with van der Waals surface area (Å²) < 4.78 is 0. The van der Waals surface area contributed by atoms with E-state index in [2.05, 4.69) is 9.97 Å². The van der Waals surface area contributed by atoms with Gasteiger partial charge in [0, 0.05) is 28.0 Å². The van der Waals surface area contributed by atoms with Gasteiger partial charge in [-0.2, -0.15) is 0 Å². The summed E-state index contributed by atoms with van der Waals surface area (Å²) in [7, 11) is 0. The first-order chi connectivity index (χ1) is 9.06. The second-order valence-electron chi connectivity index (χ2n) is 4.30. The van der Waals surface area contributed by atoms with Crippen LogP contribution in [0.1, 0.15) is 5.69 Å². The summed E-state index contributed by atoms with van der Waals surface area (Å²) in [5, 5.41) is 1.85.